The minimum atomic E-state index is 0.669. The van der Waals surface area contributed by atoms with Gasteiger partial charge in [-0.25, -0.2) is 0 Å². The van der Waals surface area contributed by atoms with Crippen LogP contribution in [0.3, 0.4) is 0 Å². The second kappa shape index (κ2) is 4.81. The number of fused-ring (bicyclic) bond motifs is 2. The van der Waals surface area contributed by atoms with Crippen molar-refractivity contribution in [3.05, 3.63) is 0 Å². The molecule has 0 saturated carbocycles. The molecular weight excluding hydrogens is 186 g/mol. The van der Waals surface area contributed by atoms with Gasteiger partial charge >= 0.3 is 0 Å². The van der Waals surface area contributed by atoms with Gasteiger partial charge in [-0.1, -0.05) is 0 Å². The van der Waals surface area contributed by atoms with E-state index in [0.717, 1.165) is 25.0 Å². The van der Waals surface area contributed by atoms with Gasteiger partial charge in [-0.05, 0) is 52.7 Å². The molecule has 2 heterocycles. The summed E-state index contributed by atoms with van der Waals surface area (Å²) in [6.45, 7) is 5.67. The topological polar surface area (TPSA) is 32.5 Å². The van der Waals surface area contributed by atoms with Gasteiger partial charge in [0, 0.05) is 24.7 Å². The Kier molecular flexibility index (Phi) is 3.65. The smallest absolute Gasteiger partial charge is 0.0223 e. The summed E-state index contributed by atoms with van der Waals surface area (Å²) < 4.78 is 0. The van der Waals surface area contributed by atoms with Gasteiger partial charge in [-0.3, -0.25) is 9.80 Å². The molecule has 0 amide bonds. The van der Waals surface area contributed by atoms with Gasteiger partial charge in [0.05, 0.1) is 0 Å². The lowest BCUT2D eigenvalue weighted by Gasteiger charge is -2.30. The predicted octanol–water partition coefficient (Wildman–Crippen LogP) is 0.892. The molecule has 2 rings (SSSR count). The lowest BCUT2D eigenvalue weighted by molar-refractivity contribution is 0.175. The van der Waals surface area contributed by atoms with Crippen molar-refractivity contribution in [3.8, 4) is 0 Å². The van der Waals surface area contributed by atoms with Gasteiger partial charge in [0.1, 0.15) is 0 Å². The molecular formula is C12H25N3. The van der Waals surface area contributed by atoms with Crippen LogP contribution in [-0.2, 0) is 0 Å². The molecule has 2 aliphatic heterocycles. The third-order valence-corrected chi connectivity index (χ3v) is 4.39. The van der Waals surface area contributed by atoms with Crippen molar-refractivity contribution in [1.29, 1.82) is 0 Å². The van der Waals surface area contributed by atoms with Crippen LogP contribution in [-0.4, -0.2) is 54.6 Å². The van der Waals surface area contributed by atoms with Crippen LogP contribution in [0, 0.1) is 0 Å². The van der Waals surface area contributed by atoms with Crippen LogP contribution in [0.1, 0.15) is 32.6 Å². The van der Waals surface area contributed by atoms with E-state index in [-0.39, 0.29) is 0 Å². The number of likely N-dealkylation sites (tertiary alicyclic amines) is 1. The molecule has 3 nitrogen and oxygen atoms in total. The van der Waals surface area contributed by atoms with Gasteiger partial charge < -0.3 is 5.73 Å². The minimum absolute atomic E-state index is 0.669. The Morgan fingerprint density at radius 2 is 2.00 bits per heavy atom. The number of hydrogen-bond donors (Lipinski definition) is 1. The Hall–Kier alpha value is -0.120. The van der Waals surface area contributed by atoms with Crippen LogP contribution in [0.2, 0.25) is 0 Å². The monoisotopic (exact) mass is 211 g/mol. The lowest BCUT2D eigenvalue weighted by atomic mass is 10.1. The van der Waals surface area contributed by atoms with E-state index in [9.17, 15) is 0 Å². The second-order valence-electron chi connectivity index (χ2n) is 5.26. The first-order valence-corrected chi connectivity index (χ1v) is 6.38. The fourth-order valence-electron chi connectivity index (χ4n) is 3.16. The van der Waals surface area contributed by atoms with Gasteiger partial charge in [0.2, 0.25) is 0 Å². The highest BCUT2D eigenvalue weighted by atomic mass is 15.3. The maximum atomic E-state index is 5.64. The number of likely N-dealkylation sites (N-methyl/N-ethyl adjacent to an activating group) is 1. The number of hydrogen-bond acceptors (Lipinski definition) is 3. The fourth-order valence-corrected chi connectivity index (χ4v) is 3.16. The predicted molar refractivity (Wildman–Crippen MR) is 63.9 cm³/mol. The Morgan fingerprint density at radius 3 is 2.73 bits per heavy atom. The molecule has 3 unspecified atom stereocenters. The molecule has 0 radical (unpaired) electrons. The van der Waals surface area contributed by atoms with E-state index in [1.165, 1.54) is 32.4 Å². The van der Waals surface area contributed by atoms with E-state index in [2.05, 4.69) is 23.8 Å². The molecule has 0 aliphatic carbocycles. The average molecular weight is 211 g/mol. The van der Waals surface area contributed by atoms with Crippen LogP contribution in [0.25, 0.3) is 0 Å². The Morgan fingerprint density at radius 1 is 1.27 bits per heavy atom. The highest BCUT2D eigenvalue weighted by Gasteiger charge is 2.35. The molecule has 0 aromatic heterocycles. The first-order valence-electron chi connectivity index (χ1n) is 6.38. The van der Waals surface area contributed by atoms with Crippen molar-refractivity contribution in [1.82, 2.24) is 9.80 Å². The first kappa shape index (κ1) is 11.4. The van der Waals surface area contributed by atoms with Crippen molar-refractivity contribution < 1.29 is 0 Å². The molecule has 3 heteroatoms. The van der Waals surface area contributed by atoms with E-state index in [0.29, 0.717) is 6.04 Å². The summed E-state index contributed by atoms with van der Waals surface area (Å²) in [5.74, 6) is 0. The van der Waals surface area contributed by atoms with Crippen molar-refractivity contribution in [2.75, 3.05) is 26.7 Å². The SMILES string of the molecule is CC(CCN)N1CCC2CCC(C1)N2C. The van der Waals surface area contributed by atoms with Crippen LogP contribution >= 0.6 is 0 Å². The Bertz CT molecular complexity index is 207. The van der Waals surface area contributed by atoms with Crippen LogP contribution in [0.15, 0.2) is 0 Å². The molecule has 2 saturated heterocycles. The highest BCUT2D eigenvalue weighted by Crippen LogP contribution is 2.29. The van der Waals surface area contributed by atoms with E-state index in [1.807, 2.05) is 0 Å². The lowest BCUT2D eigenvalue weighted by Crippen LogP contribution is -2.41. The summed E-state index contributed by atoms with van der Waals surface area (Å²) in [6.07, 6.45) is 5.30. The molecule has 2 bridgehead atoms. The average Bonchev–Trinajstić information content (AvgIpc) is 2.41. The van der Waals surface area contributed by atoms with Gasteiger partial charge in [0.25, 0.3) is 0 Å². The minimum Gasteiger partial charge on any atom is -0.330 e. The maximum Gasteiger partial charge on any atom is 0.0223 e. The van der Waals surface area contributed by atoms with Crippen LogP contribution < -0.4 is 5.73 Å². The normalized spacial score (nSPS) is 35.4. The number of nitrogens with zero attached hydrogens (tertiary/aromatic N) is 2. The molecule has 15 heavy (non-hydrogen) atoms. The van der Waals surface area contributed by atoms with Crippen molar-refractivity contribution in [2.45, 2.75) is 50.7 Å². The summed E-state index contributed by atoms with van der Waals surface area (Å²) in [6, 6.07) is 2.32. The van der Waals surface area contributed by atoms with Crippen molar-refractivity contribution in [2.24, 2.45) is 5.73 Å². The van der Waals surface area contributed by atoms with Crippen molar-refractivity contribution >= 4 is 0 Å². The third kappa shape index (κ3) is 2.35. The molecule has 88 valence electrons. The molecule has 2 aliphatic rings. The van der Waals surface area contributed by atoms with Crippen LogP contribution in [0.4, 0.5) is 0 Å². The van der Waals surface area contributed by atoms with Gasteiger partial charge in [0.15, 0.2) is 0 Å². The molecule has 2 N–H and O–H groups in total. The van der Waals surface area contributed by atoms with E-state index in [4.69, 9.17) is 5.73 Å². The van der Waals surface area contributed by atoms with E-state index >= 15 is 0 Å². The Balaban J connectivity index is 1.94. The summed E-state index contributed by atoms with van der Waals surface area (Å²) in [4.78, 5) is 5.25. The van der Waals surface area contributed by atoms with E-state index in [1.54, 1.807) is 0 Å². The molecule has 0 aromatic rings. The van der Waals surface area contributed by atoms with Gasteiger partial charge in [-0.15, -0.1) is 0 Å². The second-order valence-corrected chi connectivity index (χ2v) is 5.26. The molecule has 0 aromatic carbocycles. The summed E-state index contributed by atoms with van der Waals surface area (Å²) in [5, 5.41) is 0. The fraction of sp³-hybridized carbons (Fsp3) is 1.00. The van der Waals surface area contributed by atoms with E-state index < -0.39 is 0 Å². The standard InChI is InChI=1S/C12H25N3/c1-10(5-7-13)15-8-6-11-3-4-12(9-15)14(11)2/h10-12H,3-9,13H2,1-2H3. The zero-order valence-electron chi connectivity index (χ0n) is 10.2. The Labute approximate surface area is 93.6 Å². The van der Waals surface area contributed by atoms with Crippen molar-refractivity contribution in [3.63, 3.8) is 0 Å². The molecule has 2 fully saturated rings. The first-order chi connectivity index (χ1) is 7.22. The zero-order chi connectivity index (χ0) is 10.8. The summed E-state index contributed by atoms with van der Waals surface area (Å²) in [5.41, 5.74) is 5.64. The summed E-state index contributed by atoms with van der Waals surface area (Å²) >= 11 is 0. The summed E-state index contributed by atoms with van der Waals surface area (Å²) in [7, 11) is 2.30. The molecule has 0 spiro atoms. The zero-order valence-corrected chi connectivity index (χ0v) is 10.2. The quantitative estimate of drug-likeness (QED) is 0.752. The third-order valence-electron chi connectivity index (χ3n) is 4.39. The molecule has 3 atom stereocenters. The number of nitrogens with two attached hydrogens (primary N) is 1. The largest absolute Gasteiger partial charge is 0.330 e. The van der Waals surface area contributed by atoms with Gasteiger partial charge in [-0.2, -0.15) is 0 Å². The maximum absolute atomic E-state index is 5.64. The highest BCUT2D eigenvalue weighted by molar-refractivity contribution is 4.92. The van der Waals surface area contributed by atoms with Crippen LogP contribution in [0.5, 0.6) is 0 Å². The number of rotatable bonds is 3.